The minimum atomic E-state index is -2.29. The lowest BCUT2D eigenvalue weighted by Gasteiger charge is -2.31. The van der Waals surface area contributed by atoms with Crippen LogP contribution in [0, 0.1) is 0 Å². The van der Waals surface area contributed by atoms with Crippen LogP contribution in [-0.2, 0) is 10.1 Å². The smallest absolute Gasteiger partial charge is 0.132 e. The molecule has 0 aliphatic carbocycles. The van der Waals surface area contributed by atoms with Crippen LogP contribution in [0.5, 0.6) is 5.75 Å². The van der Waals surface area contributed by atoms with Crippen LogP contribution in [0.4, 0.5) is 5.82 Å². The minimum Gasteiger partial charge on any atom is -0.491 e. The van der Waals surface area contributed by atoms with Gasteiger partial charge in [-0.1, -0.05) is 10.1 Å². The van der Waals surface area contributed by atoms with Crippen LogP contribution >= 0.6 is 0 Å². The fraction of sp³-hybridized carbons (Fsp3) is 0.450. The highest BCUT2D eigenvalue weighted by molar-refractivity contribution is 8.00. The first kappa shape index (κ1) is 19.8. The number of nitrogens with one attached hydrogen (secondary N) is 2. The molecule has 0 amide bonds. The molecule has 3 aromatic rings. The Morgan fingerprint density at radius 3 is 2.90 bits per heavy atom. The van der Waals surface area contributed by atoms with Crippen LogP contribution in [0.15, 0.2) is 30.6 Å². The van der Waals surface area contributed by atoms with E-state index in [0.29, 0.717) is 12.3 Å². The molecule has 1 aliphatic heterocycles. The monoisotopic (exact) mass is 416 g/mol. The normalized spacial score (nSPS) is 18.4. The first-order valence-corrected chi connectivity index (χ1v) is 12.3. The first-order chi connectivity index (χ1) is 13.9. The number of aromatic nitrogens is 4. The largest absolute Gasteiger partial charge is 0.491 e. The molecule has 1 saturated heterocycles. The van der Waals surface area contributed by atoms with Gasteiger partial charge in [0.1, 0.15) is 23.6 Å². The van der Waals surface area contributed by atoms with Crippen molar-refractivity contribution < 1.29 is 8.95 Å². The van der Waals surface area contributed by atoms with E-state index in [-0.39, 0.29) is 6.10 Å². The summed E-state index contributed by atoms with van der Waals surface area (Å²) in [5.41, 5.74) is 2.45. The molecule has 3 heterocycles. The molecule has 1 fully saturated rings. The Balaban J connectivity index is 1.65. The molecule has 4 rings (SSSR count). The fourth-order valence-electron chi connectivity index (χ4n) is 3.50. The van der Waals surface area contributed by atoms with Gasteiger partial charge >= 0.3 is 0 Å². The van der Waals surface area contributed by atoms with Gasteiger partial charge in [-0.15, -0.1) is 0 Å². The third-order valence-corrected chi connectivity index (χ3v) is 6.92. The predicted molar refractivity (Wildman–Crippen MR) is 118 cm³/mol. The van der Waals surface area contributed by atoms with Gasteiger partial charge in [0.15, 0.2) is 0 Å². The first-order valence-electron chi connectivity index (χ1n) is 9.95. The van der Waals surface area contributed by atoms with Crippen LogP contribution in [0.3, 0.4) is 0 Å². The predicted octanol–water partition coefficient (Wildman–Crippen LogP) is 2.17. The van der Waals surface area contributed by atoms with Crippen molar-refractivity contribution in [2.75, 3.05) is 36.5 Å². The number of benzene rings is 1. The van der Waals surface area contributed by atoms with E-state index in [2.05, 4.69) is 29.8 Å². The lowest BCUT2D eigenvalue weighted by atomic mass is 10.1. The number of ether oxygens (including phenoxy) is 1. The molecular weight excluding hydrogens is 388 g/mol. The standard InChI is InChI=1S/C20H28N6O2S/c1-14(2)28-15-5-6-17-16(11-15)20(25-24-17)18-12-19(22-13-21-18)26-8-4-7-23-29(3,27)10-9-26/h5-6,11-14,29H,4,7-10H2,1-3H3,(H,23,27)(H,24,25). The number of thiol groups is 1. The highest BCUT2D eigenvalue weighted by Gasteiger charge is 2.18. The topological polar surface area (TPSA) is 96.0 Å². The molecule has 1 aromatic carbocycles. The van der Waals surface area contributed by atoms with E-state index in [0.717, 1.165) is 53.4 Å². The molecule has 1 aliphatic rings. The van der Waals surface area contributed by atoms with Crippen LogP contribution in [0.2, 0.25) is 0 Å². The maximum Gasteiger partial charge on any atom is 0.132 e. The second-order valence-electron chi connectivity index (χ2n) is 7.78. The molecule has 0 saturated carbocycles. The van der Waals surface area contributed by atoms with E-state index >= 15 is 0 Å². The average Bonchev–Trinajstić information content (AvgIpc) is 3.08. The minimum absolute atomic E-state index is 0.101. The van der Waals surface area contributed by atoms with Crippen molar-refractivity contribution in [3.8, 4) is 17.1 Å². The van der Waals surface area contributed by atoms with Crippen LogP contribution < -0.4 is 14.4 Å². The summed E-state index contributed by atoms with van der Waals surface area (Å²) in [5.74, 6) is 2.26. The molecular formula is C20H28N6O2S. The van der Waals surface area contributed by atoms with Crippen LogP contribution in [0.1, 0.15) is 20.3 Å². The van der Waals surface area contributed by atoms with Crippen molar-refractivity contribution in [2.45, 2.75) is 26.4 Å². The lowest BCUT2D eigenvalue weighted by Crippen LogP contribution is -2.43. The Labute approximate surface area is 171 Å². The van der Waals surface area contributed by atoms with Gasteiger partial charge in [-0.05, 0) is 38.5 Å². The number of anilines is 1. The van der Waals surface area contributed by atoms with Crippen molar-refractivity contribution in [3.05, 3.63) is 30.6 Å². The molecule has 156 valence electrons. The summed E-state index contributed by atoms with van der Waals surface area (Å²) in [6, 6.07) is 7.86. The van der Waals surface area contributed by atoms with Gasteiger partial charge in [0, 0.05) is 43.1 Å². The fourth-order valence-corrected chi connectivity index (χ4v) is 4.91. The number of fused-ring (bicyclic) bond motifs is 1. The van der Waals surface area contributed by atoms with Crippen LogP contribution in [-0.4, -0.2) is 62.1 Å². The molecule has 0 unspecified atom stereocenters. The summed E-state index contributed by atoms with van der Waals surface area (Å²) in [6.07, 6.45) is 4.40. The van der Waals surface area contributed by atoms with E-state index in [1.54, 1.807) is 6.33 Å². The van der Waals surface area contributed by atoms with Crippen molar-refractivity contribution in [1.82, 2.24) is 24.9 Å². The van der Waals surface area contributed by atoms with Crippen molar-refractivity contribution >= 4 is 26.8 Å². The Hall–Kier alpha value is -2.52. The zero-order valence-electron chi connectivity index (χ0n) is 17.1. The van der Waals surface area contributed by atoms with Gasteiger partial charge < -0.3 is 9.64 Å². The Morgan fingerprint density at radius 1 is 1.21 bits per heavy atom. The van der Waals surface area contributed by atoms with E-state index in [1.165, 1.54) is 0 Å². The second-order valence-corrected chi connectivity index (χ2v) is 10.7. The van der Waals surface area contributed by atoms with Crippen molar-refractivity contribution in [2.24, 2.45) is 0 Å². The Kier molecular flexibility index (Phi) is 5.51. The highest BCUT2D eigenvalue weighted by Crippen LogP contribution is 2.30. The van der Waals surface area contributed by atoms with E-state index in [9.17, 15) is 4.21 Å². The van der Waals surface area contributed by atoms with Crippen LogP contribution in [0.25, 0.3) is 22.3 Å². The van der Waals surface area contributed by atoms with Gasteiger partial charge in [0.05, 0.1) is 17.3 Å². The molecule has 0 radical (unpaired) electrons. The van der Waals surface area contributed by atoms with Crippen molar-refractivity contribution in [1.29, 1.82) is 0 Å². The Bertz CT molecular complexity index is 1050. The number of rotatable bonds is 4. The highest BCUT2D eigenvalue weighted by atomic mass is 32.3. The molecule has 29 heavy (non-hydrogen) atoms. The quantitative estimate of drug-likeness (QED) is 0.564. The number of nitrogens with zero attached hydrogens (tertiary/aromatic N) is 4. The zero-order chi connectivity index (χ0) is 20.4. The van der Waals surface area contributed by atoms with E-state index in [1.807, 2.05) is 44.4 Å². The van der Waals surface area contributed by atoms with Gasteiger partial charge in [0.2, 0.25) is 0 Å². The Morgan fingerprint density at radius 2 is 2.07 bits per heavy atom. The second kappa shape index (κ2) is 8.08. The number of H-pyrrole nitrogens is 1. The van der Waals surface area contributed by atoms with E-state index in [4.69, 9.17) is 4.74 Å². The summed E-state index contributed by atoms with van der Waals surface area (Å²) >= 11 is 0. The van der Waals surface area contributed by atoms with Gasteiger partial charge in [-0.3, -0.25) is 14.0 Å². The number of hydrogen-bond acceptors (Lipinski definition) is 6. The molecule has 2 aromatic heterocycles. The summed E-state index contributed by atoms with van der Waals surface area (Å²) in [6.45, 7) is 6.32. The maximum absolute atomic E-state index is 12.5. The summed E-state index contributed by atoms with van der Waals surface area (Å²) < 4.78 is 21.5. The molecule has 0 bridgehead atoms. The van der Waals surface area contributed by atoms with Gasteiger partial charge in [-0.2, -0.15) is 5.10 Å². The van der Waals surface area contributed by atoms with E-state index < -0.39 is 10.1 Å². The van der Waals surface area contributed by atoms with Gasteiger partial charge in [-0.25, -0.2) is 9.97 Å². The number of aromatic amines is 1. The molecule has 9 heteroatoms. The molecule has 8 nitrogen and oxygen atoms in total. The maximum atomic E-state index is 12.5. The molecule has 0 atom stereocenters. The zero-order valence-corrected chi connectivity index (χ0v) is 17.9. The average molecular weight is 417 g/mol. The summed E-state index contributed by atoms with van der Waals surface area (Å²) in [4.78, 5) is 11.1. The van der Waals surface area contributed by atoms with Crippen molar-refractivity contribution in [3.63, 3.8) is 0 Å². The third kappa shape index (κ3) is 4.56. The van der Waals surface area contributed by atoms with Gasteiger partial charge in [0.25, 0.3) is 0 Å². The summed E-state index contributed by atoms with van der Waals surface area (Å²) in [7, 11) is -2.29. The molecule has 2 N–H and O–H groups in total. The third-order valence-electron chi connectivity index (χ3n) is 4.97. The number of hydrogen-bond donors (Lipinski definition) is 3. The lowest BCUT2D eigenvalue weighted by molar-refractivity contribution is 0.243. The SMILES string of the molecule is CC(C)Oc1ccc2[nH]nc(-c3cc(N4CCCN[SH](C)(=O)CC4)ncn3)c2c1. The molecule has 0 spiro atoms. The summed E-state index contributed by atoms with van der Waals surface area (Å²) in [5, 5.41) is 8.52.